The third kappa shape index (κ3) is 1.06. The maximum Gasteiger partial charge on any atom is 0.343 e. The zero-order valence-electron chi connectivity index (χ0n) is 7.00. The summed E-state index contributed by atoms with van der Waals surface area (Å²) in [4.78, 5) is 11.0. The number of aromatic amines is 1. The van der Waals surface area contributed by atoms with Gasteiger partial charge in [-0.05, 0) is 19.4 Å². The molecule has 0 spiro atoms. The molecular formula is C7H12N4O. The van der Waals surface area contributed by atoms with Crippen LogP contribution in [0.3, 0.4) is 0 Å². The van der Waals surface area contributed by atoms with E-state index in [9.17, 15) is 4.79 Å². The Bertz CT molecular complexity index is 320. The predicted molar refractivity (Wildman–Crippen MR) is 43.8 cm³/mol. The van der Waals surface area contributed by atoms with E-state index < -0.39 is 0 Å². The van der Waals surface area contributed by atoms with Crippen LogP contribution in [0.25, 0.3) is 0 Å². The zero-order valence-corrected chi connectivity index (χ0v) is 7.00. The summed E-state index contributed by atoms with van der Waals surface area (Å²) in [7, 11) is 1.74. The van der Waals surface area contributed by atoms with Crippen LogP contribution in [0.2, 0.25) is 0 Å². The lowest BCUT2D eigenvalue weighted by Gasteiger charge is -2.06. The van der Waals surface area contributed by atoms with Crippen LogP contribution in [-0.2, 0) is 7.05 Å². The van der Waals surface area contributed by atoms with Gasteiger partial charge in [0.15, 0.2) is 0 Å². The van der Waals surface area contributed by atoms with Gasteiger partial charge in [0, 0.05) is 7.05 Å². The summed E-state index contributed by atoms with van der Waals surface area (Å²) >= 11 is 0. The van der Waals surface area contributed by atoms with E-state index >= 15 is 0 Å². The molecule has 0 amide bonds. The molecule has 1 saturated heterocycles. The third-order valence-electron chi connectivity index (χ3n) is 2.29. The van der Waals surface area contributed by atoms with Gasteiger partial charge >= 0.3 is 5.69 Å². The predicted octanol–water partition coefficient (Wildman–Crippen LogP) is -0.467. The van der Waals surface area contributed by atoms with E-state index in [0.717, 1.165) is 25.2 Å². The second-order valence-electron chi connectivity index (χ2n) is 3.09. The van der Waals surface area contributed by atoms with E-state index in [1.165, 1.54) is 0 Å². The smallest absolute Gasteiger partial charge is 0.307 e. The van der Waals surface area contributed by atoms with E-state index in [4.69, 9.17) is 0 Å². The maximum atomic E-state index is 11.0. The first-order valence-electron chi connectivity index (χ1n) is 4.13. The Morgan fingerprint density at radius 3 is 3.00 bits per heavy atom. The Kier molecular flexibility index (Phi) is 1.73. The standard InChI is InChI=1S/C7H12N4O/c1-11-6(9-10-7(11)12)5-3-2-4-8-5/h5,8H,2-4H2,1H3,(H,10,12)/t5-/m0/s1. The average Bonchev–Trinajstić information content (AvgIpc) is 2.64. The van der Waals surface area contributed by atoms with Crippen molar-refractivity contribution in [1.82, 2.24) is 20.1 Å². The van der Waals surface area contributed by atoms with Gasteiger partial charge in [0.2, 0.25) is 0 Å². The van der Waals surface area contributed by atoms with Gasteiger partial charge in [-0.15, -0.1) is 0 Å². The van der Waals surface area contributed by atoms with E-state index in [1.54, 1.807) is 11.6 Å². The lowest BCUT2D eigenvalue weighted by molar-refractivity contribution is 0.575. The normalized spacial score (nSPS) is 23.2. The average molecular weight is 168 g/mol. The van der Waals surface area contributed by atoms with E-state index in [2.05, 4.69) is 15.5 Å². The molecule has 5 heteroatoms. The van der Waals surface area contributed by atoms with Crippen LogP contribution in [0.4, 0.5) is 0 Å². The quantitative estimate of drug-likeness (QED) is 0.596. The minimum atomic E-state index is -0.140. The fourth-order valence-corrected chi connectivity index (χ4v) is 1.58. The number of hydrogen-bond donors (Lipinski definition) is 2. The second kappa shape index (κ2) is 2.75. The summed E-state index contributed by atoms with van der Waals surface area (Å²) in [5, 5.41) is 9.68. The van der Waals surface area contributed by atoms with Crippen LogP contribution in [-0.4, -0.2) is 21.3 Å². The van der Waals surface area contributed by atoms with Crippen LogP contribution in [0.15, 0.2) is 4.79 Å². The number of nitrogens with zero attached hydrogens (tertiary/aromatic N) is 2. The molecule has 0 aromatic carbocycles. The van der Waals surface area contributed by atoms with Crippen LogP contribution in [0.5, 0.6) is 0 Å². The summed E-state index contributed by atoms with van der Waals surface area (Å²) in [6.07, 6.45) is 2.23. The van der Waals surface area contributed by atoms with Crippen molar-refractivity contribution in [3.8, 4) is 0 Å². The van der Waals surface area contributed by atoms with E-state index in [-0.39, 0.29) is 11.7 Å². The number of nitrogens with one attached hydrogen (secondary N) is 2. The van der Waals surface area contributed by atoms with Gasteiger partial charge in [0.25, 0.3) is 0 Å². The summed E-state index contributed by atoms with van der Waals surface area (Å²) < 4.78 is 1.56. The molecule has 5 nitrogen and oxygen atoms in total. The summed E-state index contributed by atoms with van der Waals surface area (Å²) in [5.41, 5.74) is -0.140. The van der Waals surface area contributed by atoms with Crippen LogP contribution >= 0.6 is 0 Å². The highest BCUT2D eigenvalue weighted by Crippen LogP contribution is 2.18. The number of rotatable bonds is 1. The summed E-state index contributed by atoms with van der Waals surface area (Å²) in [6, 6.07) is 0.258. The Morgan fingerprint density at radius 2 is 2.50 bits per heavy atom. The summed E-state index contributed by atoms with van der Waals surface area (Å²) in [6.45, 7) is 1.02. The highest BCUT2D eigenvalue weighted by Gasteiger charge is 2.20. The number of hydrogen-bond acceptors (Lipinski definition) is 3. The first-order valence-corrected chi connectivity index (χ1v) is 4.13. The lowest BCUT2D eigenvalue weighted by Crippen LogP contribution is -2.21. The molecule has 2 heterocycles. The molecule has 1 fully saturated rings. The minimum absolute atomic E-state index is 0.140. The molecule has 0 aliphatic carbocycles. The van der Waals surface area contributed by atoms with Crippen molar-refractivity contribution < 1.29 is 0 Å². The molecule has 2 N–H and O–H groups in total. The van der Waals surface area contributed by atoms with Crippen molar-refractivity contribution in [2.45, 2.75) is 18.9 Å². The zero-order chi connectivity index (χ0) is 8.55. The van der Waals surface area contributed by atoms with Crippen molar-refractivity contribution >= 4 is 0 Å². The van der Waals surface area contributed by atoms with Crippen molar-refractivity contribution in [1.29, 1.82) is 0 Å². The van der Waals surface area contributed by atoms with Gasteiger partial charge in [-0.1, -0.05) is 0 Å². The molecule has 1 atom stereocenters. The molecule has 1 aliphatic heterocycles. The van der Waals surface area contributed by atoms with E-state index in [0.29, 0.717) is 0 Å². The number of H-pyrrole nitrogens is 1. The first kappa shape index (κ1) is 7.54. The highest BCUT2D eigenvalue weighted by molar-refractivity contribution is 4.96. The van der Waals surface area contributed by atoms with Crippen LogP contribution in [0, 0.1) is 0 Å². The molecule has 0 bridgehead atoms. The Hall–Kier alpha value is -1.10. The van der Waals surface area contributed by atoms with Gasteiger partial charge in [0.1, 0.15) is 5.82 Å². The topological polar surface area (TPSA) is 62.7 Å². The molecule has 1 aliphatic rings. The Balaban J connectivity index is 2.32. The molecule has 0 radical (unpaired) electrons. The fourth-order valence-electron chi connectivity index (χ4n) is 1.58. The van der Waals surface area contributed by atoms with Crippen molar-refractivity contribution in [3.05, 3.63) is 16.3 Å². The van der Waals surface area contributed by atoms with Gasteiger partial charge in [-0.2, -0.15) is 5.10 Å². The largest absolute Gasteiger partial charge is 0.343 e. The molecule has 1 aromatic rings. The van der Waals surface area contributed by atoms with Crippen molar-refractivity contribution in [2.75, 3.05) is 6.54 Å². The van der Waals surface area contributed by atoms with E-state index in [1.807, 2.05) is 0 Å². The number of aromatic nitrogens is 3. The van der Waals surface area contributed by atoms with Gasteiger partial charge in [-0.25, -0.2) is 9.89 Å². The molecule has 0 unspecified atom stereocenters. The van der Waals surface area contributed by atoms with Crippen LogP contribution in [0.1, 0.15) is 24.7 Å². The molecule has 66 valence electrons. The summed E-state index contributed by atoms with van der Waals surface area (Å²) in [5.74, 6) is 0.817. The lowest BCUT2D eigenvalue weighted by atomic mass is 10.2. The molecular weight excluding hydrogens is 156 g/mol. The van der Waals surface area contributed by atoms with Crippen molar-refractivity contribution in [3.63, 3.8) is 0 Å². The highest BCUT2D eigenvalue weighted by atomic mass is 16.1. The molecule has 2 rings (SSSR count). The monoisotopic (exact) mass is 168 g/mol. The van der Waals surface area contributed by atoms with Gasteiger partial charge in [-0.3, -0.25) is 4.57 Å². The SMILES string of the molecule is Cn1c([C@@H]2CCCN2)n[nH]c1=O. The minimum Gasteiger partial charge on any atom is -0.307 e. The third-order valence-corrected chi connectivity index (χ3v) is 2.29. The maximum absolute atomic E-state index is 11.0. The van der Waals surface area contributed by atoms with Gasteiger partial charge < -0.3 is 5.32 Å². The molecule has 12 heavy (non-hydrogen) atoms. The van der Waals surface area contributed by atoms with Gasteiger partial charge in [0.05, 0.1) is 6.04 Å². The second-order valence-corrected chi connectivity index (χ2v) is 3.09. The molecule has 0 saturated carbocycles. The Morgan fingerprint density at radius 1 is 1.67 bits per heavy atom. The van der Waals surface area contributed by atoms with Crippen molar-refractivity contribution in [2.24, 2.45) is 7.05 Å². The fraction of sp³-hybridized carbons (Fsp3) is 0.714. The Labute approximate surface area is 69.8 Å². The molecule has 1 aromatic heterocycles. The first-order chi connectivity index (χ1) is 5.79. The van der Waals surface area contributed by atoms with Crippen LogP contribution < -0.4 is 11.0 Å².